The van der Waals surface area contributed by atoms with E-state index in [1.54, 1.807) is 0 Å². The van der Waals surface area contributed by atoms with Crippen LogP contribution >= 0.6 is 0 Å². The van der Waals surface area contributed by atoms with E-state index in [2.05, 4.69) is 24.1 Å². The molecule has 0 amide bonds. The van der Waals surface area contributed by atoms with Crippen LogP contribution in [0.4, 0.5) is 0 Å². The van der Waals surface area contributed by atoms with Crippen molar-refractivity contribution >= 4 is 16.0 Å². The van der Waals surface area contributed by atoms with Crippen molar-refractivity contribution in [2.75, 3.05) is 12.3 Å². The van der Waals surface area contributed by atoms with Gasteiger partial charge in [-0.25, -0.2) is 0 Å². The number of hydrogen-bond donors (Lipinski definition) is 1. The number of hydrogen-bond acceptors (Lipinski definition) is 4. The predicted molar refractivity (Wildman–Crippen MR) is 136 cm³/mol. The summed E-state index contributed by atoms with van der Waals surface area (Å²) in [7, 11) is -3.89. The Balaban J connectivity index is 0. The fourth-order valence-electron chi connectivity index (χ4n) is 3.73. The summed E-state index contributed by atoms with van der Waals surface area (Å²) in [5, 5.41) is 11.6. The molecule has 0 radical (unpaired) electrons. The molecular formula is C26H50KNO4S. The van der Waals surface area contributed by atoms with E-state index in [-0.39, 0.29) is 63.0 Å². The van der Waals surface area contributed by atoms with Crippen molar-refractivity contribution in [1.82, 2.24) is 0 Å². The summed E-state index contributed by atoms with van der Waals surface area (Å²) in [5.74, 6) is -0.342. The Bertz CT molecular complexity index is 565. The third kappa shape index (κ3) is 32.8. The number of nitrogens with zero attached hydrogens (tertiary/aromatic N) is 1. The van der Waals surface area contributed by atoms with Crippen molar-refractivity contribution in [1.29, 1.82) is 0 Å². The third-order valence-electron chi connectivity index (χ3n) is 5.75. The van der Waals surface area contributed by atoms with E-state index in [1.165, 1.54) is 96.3 Å². The van der Waals surface area contributed by atoms with E-state index in [1.807, 2.05) is 0 Å². The van der Waals surface area contributed by atoms with Crippen molar-refractivity contribution < 1.29 is 69.5 Å². The molecule has 0 spiro atoms. The van der Waals surface area contributed by atoms with Crippen LogP contribution in [0.5, 0.6) is 0 Å². The van der Waals surface area contributed by atoms with Crippen molar-refractivity contribution in [2.24, 2.45) is 4.99 Å². The molecule has 0 aromatic rings. The van der Waals surface area contributed by atoms with E-state index < -0.39 is 10.1 Å². The summed E-state index contributed by atoms with van der Waals surface area (Å²) in [6.07, 6.45) is 27.8. The minimum atomic E-state index is -3.89. The number of unbranched alkanes of at least 4 members (excludes halogenated alkanes) is 16. The van der Waals surface area contributed by atoms with Gasteiger partial charge in [0, 0.05) is 6.54 Å². The molecule has 0 aliphatic heterocycles. The minimum absolute atomic E-state index is 0. The molecule has 0 atom stereocenters. The molecule has 0 saturated heterocycles. The first-order valence-corrected chi connectivity index (χ1v) is 14.9. The molecule has 7 heteroatoms. The van der Waals surface area contributed by atoms with E-state index in [0.29, 0.717) is 25.8 Å². The van der Waals surface area contributed by atoms with Crippen molar-refractivity contribution in [3.8, 4) is 0 Å². The first kappa shape index (κ1) is 35.9. The van der Waals surface area contributed by atoms with Crippen LogP contribution in [0.3, 0.4) is 0 Å². The van der Waals surface area contributed by atoms with E-state index in [4.69, 9.17) is 4.55 Å². The van der Waals surface area contributed by atoms with Gasteiger partial charge < -0.3 is 10.1 Å². The zero-order chi connectivity index (χ0) is 23.8. The van der Waals surface area contributed by atoms with Crippen LogP contribution in [-0.2, 0) is 10.1 Å². The van der Waals surface area contributed by atoms with Gasteiger partial charge in [-0.05, 0) is 57.3 Å². The topological polar surface area (TPSA) is 89.8 Å². The Morgan fingerprint density at radius 3 is 1.67 bits per heavy atom. The predicted octanol–water partition coefficient (Wildman–Crippen LogP) is 4.02. The Kier molecular flexibility index (Phi) is 29.8. The van der Waals surface area contributed by atoms with Gasteiger partial charge >= 0.3 is 51.4 Å². The molecule has 0 aliphatic carbocycles. The first-order valence-electron chi connectivity index (χ1n) is 13.3. The normalized spacial score (nSPS) is 12.4. The van der Waals surface area contributed by atoms with E-state index >= 15 is 0 Å². The van der Waals surface area contributed by atoms with Crippen LogP contribution in [0.2, 0.25) is 0 Å². The first-order chi connectivity index (χ1) is 15.5. The van der Waals surface area contributed by atoms with Crippen LogP contribution in [0.25, 0.3) is 0 Å². The van der Waals surface area contributed by atoms with Crippen molar-refractivity contribution in [3.05, 3.63) is 12.2 Å². The average molecular weight is 512 g/mol. The number of rotatable bonds is 24. The summed E-state index contributed by atoms with van der Waals surface area (Å²) in [4.78, 5) is 3.94. The van der Waals surface area contributed by atoms with E-state index in [0.717, 1.165) is 12.8 Å². The van der Waals surface area contributed by atoms with Gasteiger partial charge in [0.25, 0.3) is 10.1 Å². The third-order valence-corrected chi connectivity index (χ3v) is 6.56. The summed E-state index contributed by atoms with van der Waals surface area (Å²) < 4.78 is 29.8. The monoisotopic (exact) mass is 511 g/mol. The molecular weight excluding hydrogens is 461 g/mol. The van der Waals surface area contributed by atoms with Gasteiger partial charge in [-0.3, -0.25) is 4.55 Å². The maximum atomic E-state index is 11.6. The largest absolute Gasteiger partial charge is 1.00 e. The van der Waals surface area contributed by atoms with Gasteiger partial charge in [-0.2, -0.15) is 8.42 Å². The van der Waals surface area contributed by atoms with Crippen molar-refractivity contribution in [3.63, 3.8) is 0 Å². The quantitative estimate of drug-likeness (QED) is 0.0529. The van der Waals surface area contributed by atoms with Crippen molar-refractivity contribution in [2.45, 2.75) is 135 Å². The maximum absolute atomic E-state index is 11.6. The zero-order valence-electron chi connectivity index (χ0n) is 21.7. The summed E-state index contributed by atoms with van der Waals surface area (Å²) in [6, 6.07) is 0. The molecule has 0 unspecified atom stereocenters. The Morgan fingerprint density at radius 1 is 0.727 bits per heavy atom. The molecule has 0 bridgehead atoms. The smallest absolute Gasteiger partial charge is 0.862 e. The molecule has 0 aromatic carbocycles. The molecule has 0 saturated carbocycles. The van der Waals surface area contributed by atoms with Gasteiger partial charge in [-0.1, -0.05) is 96.1 Å². The Labute approximate surface area is 247 Å². The Morgan fingerprint density at radius 2 is 1.18 bits per heavy atom. The molecule has 0 rings (SSSR count). The molecule has 0 aromatic heterocycles. The molecule has 0 aliphatic rings. The van der Waals surface area contributed by atoms with Crippen LogP contribution in [0, 0.1) is 0 Å². The molecule has 33 heavy (non-hydrogen) atoms. The number of allylic oxidation sites excluding steroid dienone is 2. The molecule has 0 heterocycles. The van der Waals surface area contributed by atoms with Gasteiger partial charge in [0.2, 0.25) is 0 Å². The van der Waals surface area contributed by atoms with E-state index in [9.17, 15) is 13.5 Å². The van der Waals surface area contributed by atoms with Gasteiger partial charge in [0.1, 0.15) is 0 Å². The van der Waals surface area contributed by atoms with Crippen LogP contribution < -0.4 is 56.5 Å². The fraction of sp³-hybridized carbons (Fsp3) is 0.885. The molecule has 1 N–H and O–H groups in total. The standard InChI is InChI=1S/C26H51NO4S.K/c1-2-3-4-5-6-7-8-9-10-11-12-13-14-15-16-17-18-19-20-23-26(28)27-24-21-22-25-32(29,30)31;/h9-10H,2-8,11-25H2,1H3,(H,27,28)(H,29,30,31);/q;+1/p-1/b10-9-;. The fourth-order valence-corrected chi connectivity index (χ4v) is 4.30. The Hall–Kier alpha value is 0.756. The maximum Gasteiger partial charge on any atom is 1.00 e. The second kappa shape index (κ2) is 27.3. The minimum Gasteiger partial charge on any atom is -0.862 e. The summed E-state index contributed by atoms with van der Waals surface area (Å²) >= 11 is 0. The van der Waals surface area contributed by atoms with Crippen LogP contribution in [-0.4, -0.2) is 31.2 Å². The zero-order valence-corrected chi connectivity index (χ0v) is 25.7. The van der Waals surface area contributed by atoms with Crippen LogP contribution in [0.15, 0.2) is 17.1 Å². The average Bonchev–Trinajstić information content (AvgIpc) is 2.74. The SMILES string of the molecule is CCCCCCCC/C=C\CCCCCCCCCCCC([O-])=NCCCCS(=O)(=O)O.[K+]. The summed E-state index contributed by atoms with van der Waals surface area (Å²) in [5.41, 5.74) is 0. The summed E-state index contributed by atoms with van der Waals surface area (Å²) in [6.45, 7) is 2.62. The molecule has 190 valence electrons. The van der Waals surface area contributed by atoms with Crippen LogP contribution in [0.1, 0.15) is 135 Å². The van der Waals surface area contributed by atoms with Gasteiger partial charge in [-0.15, -0.1) is 0 Å². The second-order valence-electron chi connectivity index (χ2n) is 9.02. The van der Waals surface area contributed by atoms with Gasteiger partial charge in [0.05, 0.1) is 5.75 Å². The number of aliphatic imine (C=N–C) groups is 1. The molecule has 5 nitrogen and oxygen atoms in total. The second-order valence-corrected chi connectivity index (χ2v) is 10.6. The molecule has 0 fully saturated rings. The van der Waals surface area contributed by atoms with Gasteiger partial charge in [0.15, 0.2) is 0 Å².